The van der Waals surface area contributed by atoms with Gasteiger partial charge in [-0.1, -0.05) is 23.7 Å². The van der Waals surface area contributed by atoms with E-state index < -0.39 is 0 Å². The van der Waals surface area contributed by atoms with Crippen molar-refractivity contribution in [2.75, 3.05) is 26.2 Å². The zero-order chi connectivity index (χ0) is 15.4. The van der Waals surface area contributed by atoms with Crippen LogP contribution in [0.15, 0.2) is 24.3 Å². The molecule has 1 aromatic carbocycles. The summed E-state index contributed by atoms with van der Waals surface area (Å²) in [6, 6.07) is 8.12. The number of halogens is 1. The number of carbonyl (C=O) groups excluding carboxylic acids is 1. The first kappa shape index (κ1) is 15.8. The van der Waals surface area contributed by atoms with Crippen molar-refractivity contribution in [3.8, 4) is 0 Å². The Balaban J connectivity index is 1.56. The summed E-state index contributed by atoms with van der Waals surface area (Å²) < 4.78 is 0. The van der Waals surface area contributed by atoms with Gasteiger partial charge in [-0.2, -0.15) is 0 Å². The van der Waals surface area contributed by atoms with Gasteiger partial charge < -0.3 is 9.80 Å². The van der Waals surface area contributed by atoms with Gasteiger partial charge in [-0.25, -0.2) is 0 Å². The summed E-state index contributed by atoms with van der Waals surface area (Å²) in [6.07, 6.45) is 5.87. The molecule has 1 unspecified atom stereocenters. The van der Waals surface area contributed by atoms with Crippen LogP contribution in [0.5, 0.6) is 0 Å². The van der Waals surface area contributed by atoms with Crippen LogP contribution in [0.4, 0.5) is 0 Å². The average Bonchev–Trinajstić information content (AvgIpc) is 2.57. The largest absolute Gasteiger partial charge is 0.342 e. The predicted molar refractivity (Wildman–Crippen MR) is 89.0 cm³/mol. The summed E-state index contributed by atoms with van der Waals surface area (Å²) in [7, 11) is 0. The zero-order valence-corrected chi connectivity index (χ0v) is 13.9. The third-order valence-electron chi connectivity index (χ3n) is 5.00. The minimum atomic E-state index is 0.231. The van der Waals surface area contributed by atoms with Crippen molar-refractivity contribution in [3.05, 3.63) is 34.9 Å². The summed E-state index contributed by atoms with van der Waals surface area (Å²) in [4.78, 5) is 16.3. The van der Waals surface area contributed by atoms with Gasteiger partial charge in [-0.3, -0.25) is 4.79 Å². The fraction of sp³-hybridized carbons (Fsp3) is 0.611. The Hall–Kier alpha value is -1.06. The fourth-order valence-electron chi connectivity index (χ4n) is 3.79. The van der Waals surface area contributed by atoms with Crippen LogP contribution in [0.3, 0.4) is 0 Å². The third-order valence-corrected chi connectivity index (χ3v) is 5.25. The van der Waals surface area contributed by atoms with Gasteiger partial charge in [-0.15, -0.1) is 0 Å². The van der Waals surface area contributed by atoms with Crippen LogP contribution in [0.2, 0.25) is 5.02 Å². The summed E-state index contributed by atoms with van der Waals surface area (Å²) in [5.41, 5.74) is 1.31. The van der Waals surface area contributed by atoms with Gasteiger partial charge in [0.2, 0.25) is 5.91 Å². The number of hydrogen-bond acceptors (Lipinski definition) is 1. The molecule has 1 amide bonds. The molecule has 2 aliphatic rings. The topological polar surface area (TPSA) is 24.8 Å². The van der Waals surface area contributed by atoms with E-state index >= 15 is 0 Å². The molecule has 0 aliphatic carbocycles. The molecule has 0 saturated carbocycles. The number of likely N-dealkylation sites (tertiary alicyclic amines) is 2. The molecule has 1 N–H and O–H groups in total. The SMILES string of the molecule is O=C([C@H]1CCC[NH+](Cc2ccc(Cl)cc2)C1)N1CCCCC1. The molecule has 2 heterocycles. The summed E-state index contributed by atoms with van der Waals surface area (Å²) in [5.74, 6) is 0.641. The molecule has 22 heavy (non-hydrogen) atoms. The minimum Gasteiger partial charge on any atom is -0.342 e. The minimum absolute atomic E-state index is 0.231. The van der Waals surface area contributed by atoms with Crippen LogP contribution >= 0.6 is 11.6 Å². The smallest absolute Gasteiger partial charge is 0.231 e. The average molecular weight is 322 g/mol. The molecule has 0 aromatic heterocycles. The number of hydrogen-bond donors (Lipinski definition) is 1. The lowest BCUT2D eigenvalue weighted by Gasteiger charge is -2.34. The van der Waals surface area contributed by atoms with Crippen LogP contribution in [-0.2, 0) is 11.3 Å². The molecular formula is C18H26ClN2O+. The van der Waals surface area contributed by atoms with E-state index in [1.54, 1.807) is 0 Å². The second kappa shape index (κ2) is 7.47. The molecule has 120 valence electrons. The Kier molecular flexibility index (Phi) is 5.37. The van der Waals surface area contributed by atoms with Gasteiger partial charge in [0.25, 0.3) is 0 Å². The molecule has 1 aromatic rings. The van der Waals surface area contributed by atoms with Crippen LogP contribution < -0.4 is 4.90 Å². The first-order valence-corrected chi connectivity index (χ1v) is 8.97. The van der Waals surface area contributed by atoms with Crippen LogP contribution in [0.25, 0.3) is 0 Å². The van der Waals surface area contributed by atoms with Crippen molar-refractivity contribution in [2.45, 2.75) is 38.6 Å². The molecule has 0 spiro atoms. The molecule has 2 aliphatic heterocycles. The van der Waals surface area contributed by atoms with E-state index in [9.17, 15) is 4.79 Å². The number of quaternary nitrogens is 1. The molecule has 2 atom stereocenters. The standard InChI is InChI=1S/C18H25ClN2O/c19-17-8-6-15(7-9-17)13-20-10-4-5-16(14-20)18(22)21-11-2-1-3-12-21/h6-9,16H,1-5,10-14H2/p+1/t16-/m0/s1. The van der Waals surface area contributed by atoms with Gasteiger partial charge in [0.15, 0.2) is 0 Å². The van der Waals surface area contributed by atoms with Gasteiger partial charge in [0, 0.05) is 23.7 Å². The van der Waals surface area contributed by atoms with Gasteiger partial charge >= 0.3 is 0 Å². The molecule has 2 saturated heterocycles. The number of benzene rings is 1. The second-order valence-corrected chi connectivity index (χ2v) is 7.17. The maximum atomic E-state index is 12.7. The Morgan fingerprint density at radius 2 is 1.86 bits per heavy atom. The van der Waals surface area contributed by atoms with E-state index in [1.165, 1.54) is 36.3 Å². The fourth-order valence-corrected chi connectivity index (χ4v) is 3.91. The summed E-state index contributed by atoms with van der Waals surface area (Å²) in [5, 5.41) is 0.788. The number of rotatable bonds is 3. The number of piperidine rings is 2. The first-order valence-electron chi connectivity index (χ1n) is 8.59. The molecule has 3 rings (SSSR count). The highest BCUT2D eigenvalue weighted by Crippen LogP contribution is 2.16. The van der Waals surface area contributed by atoms with E-state index in [-0.39, 0.29) is 5.92 Å². The highest BCUT2D eigenvalue weighted by Gasteiger charge is 2.32. The Morgan fingerprint density at radius 3 is 2.59 bits per heavy atom. The van der Waals surface area contributed by atoms with Gasteiger partial charge in [0.05, 0.1) is 19.0 Å². The van der Waals surface area contributed by atoms with Crippen LogP contribution in [0, 0.1) is 5.92 Å². The van der Waals surface area contributed by atoms with E-state index in [1.807, 2.05) is 12.1 Å². The van der Waals surface area contributed by atoms with Gasteiger partial charge in [-0.05, 0) is 44.2 Å². The van der Waals surface area contributed by atoms with Crippen molar-refractivity contribution < 1.29 is 9.69 Å². The summed E-state index contributed by atoms with van der Waals surface area (Å²) >= 11 is 5.95. The maximum absolute atomic E-state index is 12.7. The molecule has 0 radical (unpaired) electrons. The first-order chi connectivity index (χ1) is 10.7. The van der Waals surface area contributed by atoms with E-state index in [0.717, 1.165) is 44.0 Å². The molecule has 0 bridgehead atoms. The van der Waals surface area contributed by atoms with Crippen LogP contribution in [-0.4, -0.2) is 37.0 Å². The Labute approximate surface area is 138 Å². The zero-order valence-electron chi connectivity index (χ0n) is 13.2. The second-order valence-electron chi connectivity index (χ2n) is 6.73. The number of carbonyl (C=O) groups is 1. The van der Waals surface area contributed by atoms with Crippen molar-refractivity contribution in [2.24, 2.45) is 5.92 Å². The highest BCUT2D eigenvalue weighted by molar-refractivity contribution is 6.30. The monoisotopic (exact) mass is 321 g/mol. The molecule has 4 heteroatoms. The van der Waals surface area contributed by atoms with Crippen molar-refractivity contribution in [1.82, 2.24) is 4.90 Å². The Bertz CT molecular complexity index is 496. The lowest BCUT2D eigenvalue weighted by Crippen LogP contribution is -3.12. The van der Waals surface area contributed by atoms with Crippen molar-refractivity contribution in [1.29, 1.82) is 0 Å². The lowest BCUT2D eigenvalue weighted by molar-refractivity contribution is -0.921. The van der Waals surface area contributed by atoms with Gasteiger partial charge in [0.1, 0.15) is 6.54 Å². The number of amides is 1. The normalized spacial score (nSPS) is 26.0. The quantitative estimate of drug-likeness (QED) is 0.906. The number of nitrogens with zero attached hydrogens (tertiary/aromatic N) is 1. The van der Waals surface area contributed by atoms with E-state index in [4.69, 9.17) is 11.6 Å². The van der Waals surface area contributed by atoms with Crippen molar-refractivity contribution in [3.63, 3.8) is 0 Å². The highest BCUT2D eigenvalue weighted by atomic mass is 35.5. The van der Waals surface area contributed by atoms with E-state index in [0.29, 0.717) is 5.91 Å². The third kappa shape index (κ3) is 4.02. The summed E-state index contributed by atoms with van der Waals surface area (Å²) in [6.45, 7) is 5.11. The maximum Gasteiger partial charge on any atom is 0.231 e. The number of nitrogens with one attached hydrogen (secondary N) is 1. The van der Waals surface area contributed by atoms with E-state index in [2.05, 4.69) is 17.0 Å². The van der Waals surface area contributed by atoms with Crippen LogP contribution in [0.1, 0.15) is 37.7 Å². The molecule has 3 nitrogen and oxygen atoms in total. The van der Waals surface area contributed by atoms with Crippen molar-refractivity contribution >= 4 is 17.5 Å². The Morgan fingerprint density at radius 1 is 1.14 bits per heavy atom. The predicted octanol–water partition coefficient (Wildman–Crippen LogP) is 2.15. The lowest BCUT2D eigenvalue weighted by atomic mass is 9.95. The molecule has 2 fully saturated rings. The molecular weight excluding hydrogens is 296 g/mol.